The molecule has 0 radical (unpaired) electrons. The van der Waals surface area contributed by atoms with Crippen molar-refractivity contribution in [2.75, 3.05) is 0 Å². The number of hydrogen-bond donors (Lipinski definition) is 2. The van der Waals surface area contributed by atoms with E-state index >= 15 is 0 Å². The van der Waals surface area contributed by atoms with E-state index < -0.39 is 21.5 Å². The van der Waals surface area contributed by atoms with E-state index in [0.29, 0.717) is 0 Å². The summed E-state index contributed by atoms with van der Waals surface area (Å²) in [6, 6.07) is 0. The minimum atomic E-state index is -2.47. The highest BCUT2D eigenvalue weighted by molar-refractivity contribution is 8.59. The van der Waals surface area contributed by atoms with Crippen LogP contribution in [0.15, 0.2) is 0 Å². The van der Waals surface area contributed by atoms with Crippen LogP contribution in [0.2, 0.25) is 0 Å². The summed E-state index contributed by atoms with van der Waals surface area (Å²) in [4.78, 5) is 0. The van der Waals surface area contributed by atoms with Gasteiger partial charge in [0.15, 0.2) is 0 Å². The molecule has 0 saturated heterocycles. The molecule has 2 atom stereocenters. The first-order valence-corrected chi connectivity index (χ1v) is 4.19. The van der Waals surface area contributed by atoms with Gasteiger partial charge in [-0.25, -0.2) is 4.21 Å². The van der Waals surface area contributed by atoms with Crippen molar-refractivity contribution in [2.45, 2.75) is 0 Å². The van der Waals surface area contributed by atoms with Crippen molar-refractivity contribution in [3.05, 3.63) is 0 Å². The van der Waals surface area contributed by atoms with E-state index in [1.165, 1.54) is 0 Å². The molecule has 0 rings (SSSR count). The molecule has 0 aliphatic carbocycles. The van der Waals surface area contributed by atoms with Crippen molar-refractivity contribution in [1.82, 2.24) is 0 Å². The first-order valence-electron chi connectivity index (χ1n) is 1.03. The molecule has 7 heavy (non-hydrogen) atoms. The van der Waals surface area contributed by atoms with Gasteiger partial charge in [-0.15, -0.1) is 0 Å². The fourth-order valence-electron chi connectivity index (χ4n) is 0.0498. The number of thiol groups is 1. The Bertz CT molecular complexity index is 83.1. The molecule has 0 amide bonds. The fourth-order valence-corrected chi connectivity index (χ4v) is 0.917. The Labute approximate surface area is 50.2 Å². The van der Waals surface area contributed by atoms with Crippen LogP contribution < -0.4 is 0 Å². The second-order valence-electron chi connectivity index (χ2n) is 0.502. The summed E-state index contributed by atoms with van der Waals surface area (Å²) in [5, 5.41) is 0. The van der Waals surface area contributed by atoms with Crippen LogP contribution in [0.4, 0.5) is 0 Å². The summed E-state index contributed by atoms with van der Waals surface area (Å²) in [5.74, 6) is 0. The van der Waals surface area contributed by atoms with Crippen LogP contribution in [0.3, 0.4) is 0 Å². The second kappa shape index (κ2) is 3.56. The standard InChI is InChI=1S/H2O4S3/c1-6(2)4-7(3)5/h(H,1,2)(H,3,5). The normalized spacial score (nSPS) is 18.6. The van der Waals surface area contributed by atoms with E-state index in [9.17, 15) is 8.42 Å². The Morgan fingerprint density at radius 2 is 2.00 bits per heavy atom. The van der Waals surface area contributed by atoms with E-state index in [2.05, 4.69) is 15.3 Å². The minimum Gasteiger partial charge on any atom is -0.283 e. The van der Waals surface area contributed by atoms with Gasteiger partial charge in [-0.1, -0.05) is 0 Å². The van der Waals surface area contributed by atoms with E-state index in [-0.39, 0.29) is 0 Å². The molecule has 0 bridgehead atoms. The third-order valence-corrected chi connectivity index (χ3v) is 1.60. The Balaban J connectivity index is 3.32. The van der Waals surface area contributed by atoms with Crippen LogP contribution >= 0.6 is 11.7 Å². The van der Waals surface area contributed by atoms with Crippen LogP contribution in [0.5, 0.6) is 0 Å². The molecule has 0 aliphatic rings. The molecule has 0 aliphatic heterocycles. The lowest BCUT2D eigenvalue weighted by Gasteiger charge is -1.83. The average Bonchev–Trinajstić information content (AvgIpc) is 1.27. The summed E-state index contributed by atoms with van der Waals surface area (Å²) in [6.07, 6.45) is 0. The zero-order valence-electron chi connectivity index (χ0n) is 2.94. The maximum Gasteiger partial charge on any atom is 0.316 e. The van der Waals surface area contributed by atoms with Crippen LogP contribution in [0.25, 0.3) is 0 Å². The third-order valence-electron chi connectivity index (χ3n) is 0.116. The molecule has 4 nitrogen and oxygen atoms in total. The second-order valence-corrected chi connectivity index (χ2v) is 2.81. The van der Waals surface area contributed by atoms with Gasteiger partial charge in [-0.2, -0.15) is 7.84 Å². The SMILES string of the molecule is O=S(O)OS(=O)S. The van der Waals surface area contributed by atoms with Gasteiger partial charge < -0.3 is 0 Å². The monoisotopic (exact) mass is 162 g/mol. The maximum absolute atomic E-state index is 9.65. The predicted octanol–water partition coefficient (Wildman–Crippen LogP) is -0.352. The summed E-state index contributed by atoms with van der Waals surface area (Å²) in [6.45, 7) is 0. The van der Waals surface area contributed by atoms with Gasteiger partial charge in [0.1, 0.15) is 0 Å². The highest BCUT2D eigenvalue weighted by atomic mass is 33.1. The van der Waals surface area contributed by atoms with Gasteiger partial charge in [-0.05, 0) is 11.7 Å². The molecule has 0 saturated carbocycles. The Morgan fingerprint density at radius 3 is 2.00 bits per heavy atom. The topological polar surface area (TPSA) is 63.6 Å². The molecular formula is H2O4S3. The van der Waals surface area contributed by atoms with Gasteiger partial charge in [0.2, 0.25) is 10.1 Å². The molecule has 0 heterocycles. The molecule has 0 aromatic rings. The van der Waals surface area contributed by atoms with Gasteiger partial charge in [0.25, 0.3) is 0 Å². The van der Waals surface area contributed by atoms with Crippen molar-refractivity contribution in [1.29, 1.82) is 0 Å². The molecule has 0 aromatic carbocycles. The molecule has 2 unspecified atom stereocenters. The van der Waals surface area contributed by atoms with Gasteiger partial charge in [0, 0.05) is 0 Å². The summed E-state index contributed by atoms with van der Waals surface area (Å²) in [5.41, 5.74) is 0. The zero-order valence-corrected chi connectivity index (χ0v) is 5.46. The van der Waals surface area contributed by atoms with E-state index in [4.69, 9.17) is 4.55 Å². The highest BCUT2D eigenvalue weighted by Crippen LogP contribution is 1.90. The lowest BCUT2D eigenvalue weighted by Crippen LogP contribution is -1.91. The largest absolute Gasteiger partial charge is 0.316 e. The Morgan fingerprint density at radius 1 is 1.57 bits per heavy atom. The number of rotatable bonds is 2. The molecule has 1 N–H and O–H groups in total. The van der Waals surface area contributed by atoms with Crippen LogP contribution in [-0.4, -0.2) is 13.0 Å². The van der Waals surface area contributed by atoms with Crippen molar-refractivity contribution >= 4 is 33.1 Å². The summed E-state index contributed by atoms with van der Waals surface area (Å²) < 4.78 is 30.5. The number of hydrogen-bond acceptors (Lipinski definition) is 3. The van der Waals surface area contributed by atoms with Crippen LogP contribution in [-0.2, 0) is 25.1 Å². The molecule has 44 valence electrons. The Hall–Kier alpha value is 0.570. The van der Waals surface area contributed by atoms with Crippen molar-refractivity contribution in [3.8, 4) is 0 Å². The third kappa shape index (κ3) is 6.57. The Kier molecular flexibility index (Phi) is 3.85. The lowest BCUT2D eigenvalue weighted by molar-refractivity contribution is 0.475. The van der Waals surface area contributed by atoms with E-state index in [0.717, 1.165) is 0 Å². The van der Waals surface area contributed by atoms with Gasteiger partial charge in [0.05, 0.1) is 0 Å². The van der Waals surface area contributed by atoms with Crippen LogP contribution in [0, 0.1) is 0 Å². The van der Waals surface area contributed by atoms with Gasteiger partial charge >= 0.3 is 11.4 Å². The first kappa shape index (κ1) is 7.57. The van der Waals surface area contributed by atoms with E-state index in [1.807, 2.05) is 0 Å². The van der Waals surface area contributed by atoms with Gasteiger partial charge in [-0.3, -0.25) is 4.55 Å². The first-order chi connectivity index (χ1) is 3.13. The summed E-state index contributed by atoms with van der Waals surface area (Å²) in [7, 11) is -1.95. The molecule has 0 aromatic heterocycles. The highest BCUT2D eigenvalue weighted by Gasteiger charge is 1.94. The molecule has 0 spiro atoms. The molecule has 7 heteroatoms. The average molecular weight is 162 g/mol. The smallest absolute Gasteiger partial charge is 0.283 e. The molecular weight excluding hydrogens is 160 g/mol. The molecule has 0 fully saturated rings. The van der Waals surface area contributed by atoms with Crippen molar-refractivity contribution < 1.29 is 16.6 Å². The predicted molar refractivity (Wildman–Crippen MR) is 29.0 cm³/mol. The lowest BCUT2D eigenvalue weighted by atomic mass is 15.8. The quantitative estimate of drug-likeness (QED) is 0.331. The fraction of sp³-hybridized carbons (Fsp3) is 0. The summed E-state index contributed by atoms with van der Waals surface area (Å²) >= 11 is 0.662. The van der Waals surface area contributed by atoms with Crippen molar-refractivity contribution in [3.63, 3.8) is 0 Å². The maximum atomic E-state index is 9.65. The van der Waals surface area contributed by atoms with E-state index in [1.54, 1.807) is 0 Å². The zero-order chi connectivity index (χ0) is 5.86. The van der Waals surface area contributed by atoms with Crippen LogP contribution in [0.1, 0.15) is 0 Å². The minimum absolute atomic E-state index is 1.95. The van der Waals surface area contributed by atoms with Crippen molar-refractivity contribution in [2.24, 2.45) is 0 Å².